The number of thiazole rings is 2. The van der Waals surface area contributed by atoms with Crippen LogP contribution in [0.3, 0.4) is 0 Å². The number of thiol groups is 1. The van der Waals surface area contributed by atoms with E-state index < -0.39 is 0 Å². The molecule has 0 atom stereocenters. The zero-order valence-electron chi connectivity index (χ0n) is 39.5. The van der Waals surface area contributed by atoms with Crippen molar-refractivity contribution in [2.24, 2.45) is 0 Å². The maximum Gasteiger partial charge on any atom is 0.373 e. The number of carbonyl (C=O) groups excluding carboxylic acids is 2. The van der Waals surface area contributed by atoms with Gasteiger partial charge in [0, 0.05) is 80.0 Å². The number of fused-ring (bicyclic) bond motifs is 8. The average Bonchev–Trinajstić information content (AvgIpc) is 4.26. The average molecular weight is 1260 g/mol. The number of H-pyrrole nitrogens is 1. The van der Waals surface area contributed by atoms with Gasteiger partial charge in [-0.1, -0.05) is 103 Å². The summed E-state index contributed by atoms with van der Waals surface area (Å²) in [6, 6.07) is 72.7. The number of hydrogen-bond donors (Lipinski definition) is 3. The standard InChI is InChI=1S/C24H15N3S.C12H7IN2S.C12H9N.C6H5I.C5H6N2S.CO2/c1-3-8-20-18(6-1)19-7-2-4-9-21(19)27(20)17-13-11-16(12-14-17)24-26-23-22(28-24)10-5-15-25-23;13-9-5-3-8(4-6-9)12-15-11-10(16-12)2-1-7-14-11;1-3-7-11-9(5-1)10-6-2-4-8-12(10)13-11;7-6-4-2-1-3-5-6;6-5-4(8)2-1-3-7-5;2-1-3/h1-15H;1-7H;1-8,13H;1-5H;1-3,8H,(H2,6,7);. The van der Waals surface area contributed by atoms with Crippen LogP contribution in [0.2, 0.25) is 0 Å². The summed E-state index contributed by atoms with van der Waals surface area (Å²) in [5.74, 6) is 0.482. The zero-order chi connectivity index (χ0) is 51.9. The van der Waals surface area contributed by atoms with Gasteiger partial charge in [-0.3, -0.25) is 0 Å². The summed E-state index contributed by atoms with van der Waals surface area (Å²) < 4.78 is 7.11. The normalized spacial score (nSPS) is 10.4. The molecule has 0 aliphatic rings. The third-order valence-electron chi connectivity index (χ3n) is 11.3. The van der Waals surface area contributed by atoms with Gasteiger partial charge in [-0.25, -0.2) is 24.9 Å². The van der Waals surface area contributed by atoms with Crippen molar-refractivity contribution in [3.8, 4) is 26.8 Å². The molecular formula is C60H42I2N8O2S3. The molecule has 0 saturated carbocycles. The highest BCUT2D eigenvalue weighted by Gasteiger charge is 2.13. The first-order valence-corrected chi connectivity index (χ1v) is 27.3. The maximum absolute atomic E-state index is 8.12. The molecule has 14 aromatic rings. The quantitative estimate of drug-likeness (QED) is 0.117. The molecule has 0 spiro atoms. The lowest BCUT2D eigenvalue weighted by molar-refractivity contribution is -0.191. The van der Waals surface area contributed by atoms with E-state index in [0.29, 0.717) is 5.82 Å². The Balaban J connectivity index is 0.000000124. The molecule has 7 aromatic heterocycles. The van der Waals surface area contributed by atoms with Gasteiger partial charge in [0.25, 0.3) is 0 Å². The van der Waals surface area contributed by atoms with E-state index in [4.69, 9.17) is 15.3 Å². The van der Waals surface area contributed by atoms with E-state index in [2.05, 4.69) is 262 Å². The van der Waals surface area contributed by atoms with Crippen LogP contribution in [-0.2, 0) is 9.59 Å². The van der Waals surface area contributed by atoms with Gasteiger partial charge in [-0.15, -0.1) is 35.3 Å². The van der Waals surface area contributed by atoms with E-state index in [-0.39, 0.29) is 6.15 Å². The van der Waals surface area contributed by atoms with Crippen molar-refractivity contribution in [3.63, 3.8) is 0 Å². The fourth-order valence-corrected chi connectivity index (χ4v) is 10.7. The van der Waals surface area contributed by atoms with Gasteiger partial charge in [0.1, 0.15) is 15.8 Å². The first-order chi connectivity index (χ1) is 36.8. The summed E-state index contributed by atoms with van der Waals surface area (Å²) >= 11 is 11.9. The van der Waals surface area contributed by atoms with Crippen LogP contribution in [-0.4, -0.2) is 40.6 Å². The van der Waals surface area contributed by atoms with Crippen LogP contribution in [0.4, 0.5) is 5.82 Å². The summed E-state index contributed by atoms with van der Waals surface area (Å²) in [4.78, 5) is 41.9. The number of nitrogen functional groups attached to an aromatic ring is 1. The number of benzene rings is 7. The molecule has 0 amide bonds. The Morgan fingerprint density at radius 3 is 1.32 bits per heavy atom. The van der Waals surface area contributed by atoms with Gasteiger partial charge >= 0.3 is 6.15 Å². The monoisotopic (exact) mass is 1260 g/mol. The molecule has 7 aromatic carbocycles. The van der Waals surface area contributed by atoms with Crippen molar-refractivity contribution in [2.75, 3.05) is 5.73 Å². The third-order valence-corrected chi connectivity index (χ3v) is 15.3. The Labute approximate surface area is 472 Å². The van der Waals surface area contributed by atoms with E-state index in [0.717, 1.165) is 52.4 Å². The number of aromatic amines is 1. The van der Waals surface area contributed by atoms with E-state index in [9.17, 15) is 0 Å². The second kappa shape index (κ2) is 25.5. The van der Waals surface area contributed by atoms with Crippen LogP contribution in [0, 0.1) is 7.14 Å². The highest BCUT2D eigenvalue weighted by atomic mass is 127. The van der Waals surface area contributed by atoms with Crippen molar-refractivity contribution in [1.29, 1.82) is 0 Å². The summed E-state index contributed by atoms with van der Waals surface area (Å²) in [5.41, 5.74) is 15.3. The highest BCUT2D eigenvalue weighted by Crippen LogP contribution is 2.34. The Morgan fingerprint density at radius 2 is 0.880 bits per heavy atom. The fraction of sp³-hybridized carbons (Fsp3) is 0. The number of hydrogen-bond acceptors (Lipinski definition) is 11. The van der Waals surface area contributed by atoms with E-state index in [1.165, 1.54) is 50.8 Å². The van der Waals surface area contributed by atoms with Crippen molar-refractivity contribution >= 4 is 157 Å². The molecule has 15 heteroatoms. The Morgan fingerprint density at radius 1 is 0.467 bits per heavy atom. The van der Waals surface area contributed by atoms with E-state index in [1.54, 1.807) is 53.4 Å². The molecule has 0 aliphatic carbocycles. The summed E-state index contributed by atoms with van der Waals surface area (Å²) in [6.45, 7) is 0. The molecule has 0 saturated heterocycles. The number of nitrogens with two attached hydrogens (primary N) is 1. The molecule has 10 nitrogen and oxygen atoms in total. The number of halogens is 2. The van der Waals surface area contributed by atoms with Crippen LogP contribution in [0.15, 0.2) is 236 Å². The van der Waals surface area contributed by atoms with Gasteiger partial charge in [0.15, 0.2) is 11.3 Å². The number of anilines is 1. The lowest BCUT2D eigenvalue weighted by Gasteiger charge is -2.08. The number of para-hydroxylation sites is 4. The molecule has 0 aliphatic heterocycles. The topological polar surface area (TPSA) is 145 Å². The Kier molecular flexibility index (Phi) is 17.8. The van der Waals surface area contributed by atoms with E-state index >= 15 is 0 Å². The van der Waals surface area contributed by atoms with Gasteiger partial charge in [-0.05, 0) is 154 Å². The lowest BCUT2D eigenvalue weighted by atomic mass is 10.2. The summed E-state index contributed by atoms with van der Waals surface area (Å²) in [7, 11) is 0. The minimum absolute atomic E-state index is 0.250. The maximum atomic E-state index is 8.12. The van der Waals surface area contributed by atoms with Crippen LogP contribution in [0.25, 0.3) is 91.1 Å². The second-order valence-corrected chi connectivity index (χ2v) is 21.1. The van der Waals surface area contributed by atoms with Crippen LogP contribution >= 0.6 is 80.5 Å². The molecular weight excluding hydrogens is 1210 g/mol. The van der Waals surface area contributed by atoms with Crippen LogP contribution in [0.5, 0.6) is 0 Å². The first kappa shape index (κ1) is 52.2. The number of rotatable bonds is 3. The van der Waals surface area contributed by atoms with Gasteiger partial charge in [0.05, 0.1) is 20.4 Å². The molecule has 0 bridgehead atoms. The minimum atomic E-state index is 0.250. The first-order valence-electron chi connectivity index (χ1n) is 23.1. The minimum Gasteiger partial charge on any atom is -0.383 e. The predicted octanol–water partition coefficient (Wildman–Crippen LogP) is 16.4. The molecule has 7 heterocycles. The number of pyridine rings is 3. The molecule has 0 fully saturated rings. The highest BCUT2D eigenvalue weighted by molar-refractivity contribution is 14.1. The SMILES string of the molecule is Ic1ccc(-c2nc3ncccc3s2)cc1.Ic1ccccc1.Nc1ncccc1S.O=C=O.c1ccc2c(c1)[nH]c1ccccc12.c1cnc2nc(-c3ccc(-n4c5ccccc5c5ccccc54)cc3)sc2c1. The molecule has 0 radical (unpaired) electrons. The molecule has 3 N–H and O–H groups in total. The number of aromatic nitrogens is 7. The van der Waals surface area contributed by atoms with Crippen LogP contribution < -0.4 is 5.73 Å². The largest absolute Gasteiger partial charge is 0.383 e. The van der Waals surface area contributed by atoms with E-state index in [1.807, 2.05) is 30.3 Å². The lowest BCUT2D eigenvalue weighted by Crippen LogP contribution is -1.93. The molecule has 366 valence electrons. The van der Waals surface area contributed by atoms with Gasteiger partial charge < -0.3 is 15.3 Å². The Hall–Kier alpha value is -7.64. The zero-order valence-corrected chi connectivity index (χ0v) is 46.4. The van der Waals surface area contributed by atoms with Crippen molar-refractivity contribution in [2.45, 2.75) is 4.90 Å². The number of nitrogens with zero attached hydrogens (tertiary/aromatic N) is 6. The van der Waals surface area contributed by atoms with Crippen molar-refractivity contribution in [3.05, 3.63) is 238 Å². The molecule has 0 unspecified atom stereocenters. The number of nitrogens with one attached hydrogen (secondary N) is 1. The molecule has 14 rings (SSSR count). The fourth-order valence-electron chi connectivity index (χ4n) is 7.95. The van der Waals surface area contributed by atoms with Crippen molar-refractivity contribution in [1.82, 2.24) is 34.5 Å². The van der Waals surface area contributed by atoms with Crippen molar-refractivity contribution < 1.29 is 9.59 Å². The summed E-state index contributed by atoms with van der Waals surface area (Å²) in [5, 5.41) is 7.20. The van der Waals surface area contributed by atoms with Crippen LogP contribution in [0.1, 0.15) is 0 Å². The summed E-state index contributed by atoms with van der Waals surface area (Å²) in [6.07, 6.45) is 5.45. The second-order valence-electron chi connectivity index (χ2n) is 16.1. The smallest absolute Gasteiger partial charge is 0.373 e. The third kappa shape index (κ3) is 13.0. The van der Waals surface area contributed by atoms with Gasteiger partial charge in [-0.2, -0.15) is 9.59 Å². The Bertz CT molecular complexity index is 3990. The predicted molar refractivity (Wildman–Crippen MR) is 329 cm³/mol. The molecule has 75 heavy (non-hydrogen) atoms. The van der Waals surface area contributed by atoms with Gasteiger partial charge in [0.2, 0.25) is 0 Å².